The molecule has 0 radical (unpaired) electrons. The highest BCUT2D eigenvalue weighted by Gasteiger charge is 2.43. The van der Waals surface area contributed by atoms with Crippen LogP contribution in [-0.2, 0) is 11.2 Å². The number of para-hydroxylation sites is 1. The van der Waals surface area contributed by atoms with Gasteiger partial charge in [-0.25, -0.2) is 0 Å². The number of ether oxygens (including phenoxy) is 3. The zero-order valence-corrected chi connectivity index (χ0v) is 13.8. The zero-order valence-electron chi connectivity index (χ0n) is 12.2. The van der Waals surface area contributed by atoms with E-state index in [1.807, 2.05) is 19.1 Å². The average molecular weight is 341 g/mol. The minimum Gasteiger partial charge on any atom is -0.484 e. The van der Waals surface area contributed by atoms with Crippen LogP contribution >= 0.6 is 15.9 Å². The standard InChI is InChI=1S/C16H21BrO3/c1-4-18-15-11(17)8-13(15)19-12-7-5-6-10-9-16(2,3)20-14(10)12/h5-7,11,13,15H,4,8-9H2,1-3H3. The highest BCUT2D eigenvalue weighted by Crippen LogP contribution is 2.44. The van der Waals surface area contributed by atoms with Gasteiger partial charge in [0, 0.05) is 29.8 Å². The van der Waals surface area contributed by atoms with Gasteiger partial charge in [0.05, 0.1) is 0 Å². The fourth-order valence-corrected chi connectivity index (χ4v) is 3.75. The van der Waals surface area contributed by atoms with Gasteiger partial charge in [-0.1, -0.05) is 28.1 Å². The summed E-state index contributed by atoms with van der Waals surface area (Å²) in [4.78, 5) is 0.390. The molecular weight excluding hydrogens is 320 g/mol. The van der Waals surface area contributed by atoms with Gasteiger partial charge in [-0.15, -0.1) is 0 Å². The summed E-state index contributed by atoms with van der Waals surface area (Å²) >= 11 is 3.63. The molecule has 1 heterocycles. The minimum absolute atomic E-state index is 0.109. The Morgan fingerprint density at radius 2 is 2.20 bits per heavy atom. The normalized spacial score (nSPS) is 30.3. The third-order valence-corrected chi connectivity index (χ3v) is 4.77. The first-order chi connectivity index (χ1) is 9.50. The molecule has 3 rings (SSSR count). The van der Waals surface area contributed by atoms with E-state index in [9.17, 15) is 0 Å². The molecule has 1 aromatic rings. The van der Waals surface area contributed by atoms with Gasteiger partial charge in [0.2, 0.25) is 0 Å². The number of fused-ring (bicyclic) bond motifs is 1. The van der Waals surface area contributed by atoms with Crippen molar-refractivity contribution >= 4 is 15.9 Å². The summed E-state index contributed by atoms with van der Waals surface area (Å²) in [6.07, 6.45) is 2.14. The molecule has 0 N–H and O–H groups in total. The lowest BCUT2D eigenvalue weighted by Crippen LogP contribution is -2.52. The summed E-state index contributed by atoms with van der Waals surface area (Å²) in [5, 5.41) is 0. The van der Waals surface area contributed by atoms with Crippen molar-refractivity contribution in [3.05, 3.63) is 23.8 Å². The lowest BCUT2D eigenvalue weighted by atomic mass is 9.91. The number of benzene rings is 1. The maximum absolute atomic E-state index is 6.14. The van der Waals surface area contributed by atoms with Crippen molar-refractivity contribution < 1.29 is 14.2 Å². The van der Waals surface area contributed by atoms with E-state index < -0.39 is 0 Å². The summed E-state index contributed by atoms with van der Waals surface area (Å²) in [5.74, 6) is 1.76. The number of rotatable bonds is 4. The van der Waals surface area contributed by atoms with Crippen molar-refractivity contribution in [1.29, 1.82) is 0 Å². The number of alkyl halides is 1. The van der Waals surface area contributed by atoms with E-state index in [1.165, 1.54) is 5.56 Å². The predicted octanol–water partition coefficient (Wildman–Crippen LogP) is 3.72. The Hall–Kier alpha value is -0.740. The summed E-state index contributed by atoms with van der Waals surface area (Å²) in [6, 6.07) is 6.15. The smallest absolute Gasteiger partial charge is 0.165 e. The fraction of sp³-hybridized carbons (Fsp3) is 0.625. The Labute approximate surface area is 128 Å². The quantitative estimate of drug-likeness (QED) is 0.782. The van der Waals surface area contributed by atoms with Crippen LogP contribution in [0, 0.1) is 0 Å². The molecule has 2 aliphatic rings. The summed E-state index contributed by atoms with van der Waals surface area (Å²) < 4.78 is 17.9. The summed E-state index contributed by atoms with van der Waals surface area (Å²) in [6.45, 7) is 6.94. The molecule has 1 saturated carbocycles. The van der Waals surface area contributed by atoms with Crippen LogP contribution in [0.15, 0.2) is 18.2 Å². The summed E-state index contributed by atoms with van der Waals surface area (Å²) in [5.41, 5.74) is 1.09. The second-order valence-electron chi connectivity index (χ2n) is 6.11. The van der Waals surface area contributed by atoms with Crippen molar-refractivity contribution in [3.63, 3.8) is 0 Å². The first-order valence-corrected chi connectivity index (χ1v) is 8.15. The van der Waals surface area contributed by atoms with Gasteiger partial charge in [-0.2, -0.15) is 0 Å². The van der Waals surface area contributed by atoms with Crippen LogP contribution < -0.4 is 9.47 Å². The van der Waals surface area contributed by atoms with Crippen LogP contribution in [0.25, 0.3) is 0 Å². The topological polar surface area (TPSA) is 27.7 Å². The molecule has 0 aromatic heterocycles. The second kappa shape index (κ2) is 5.23. The Morgan fingerprint density at radius 3 is 2.90 bits per heavy atom. The maximum Gasteiger partial charge on any atom is 0.165 e. The van der Waals surface area contributed by atoms with Crippen LogP contribution in [0.2, 0.25) is 0 Å². The molecule has 3 unspecified atom stereocenters. The first-order valence-electron chi connectivity index (χ1n) is 7.23. The molecular formula is C16H21BrO3. The molecule has 1 aromatic carbocycles. The zero-order chi connectivity index (χ0) is 14.3. The molecule has 4 heteroatoms. The van der Waals surface area contributed by atoms with Gasteiger partial charge in [-0.05, 0) is 26.8 Å². The number of halogens is 1. The Bertz CT molecular complexity index is 500. The highest BCUT2D eigenvalue weighted by atomic mass is 79.9. The molecule has 1 aliphatic carbocycles. The third kappa shape index (κ3) is 2.56. The Morgan fingerprint density at radius 1 is 1.40 bits per heavy atom. The predicted molar refractivity (Wildman–Crippen MR) is 82.0 cm³/mol. The number of hydrogen-bond donors (Lipinski definition) is 0. The van der Waals surface area contributed by atoms with Gasteiger partial charge in [0.1, 0.15) is 17.8 Å². The SMILES string of the molecule is CCOC1C(Br)CC1Oc1cccc2c1OC(C)(C)C2. The lowest BCUT2D eigenvalue weighted by molar-refractivity contribution is -0.0733. The lowest BCUT2D eigenvalue weighted by Gasteiger charge is -2.40. The van der Waals surface area contributed by atoms with Crippen molar-refractivity contribution in [2.24, 2.45) is 0 Å². The molecule has 0 bridgehead atoms. The van der Waals surface area contributed by atoms with E-state index in [2.05, 4.69) is 35.8 Å². The van der Waals surface area contributed by atoms with Gasteiger partial charge >= 0.3 is 0 Å². The van der Waals surface area contributed by atoms with E-state index in [-0.39, 0.29) is 17.8 Å². The molecule has 20 heavy (non-hydrogen) atoms. The van der Waals surface area contributed by atoms with E-state index in [4.69, 9.17) is 14.2 Å². The van der Waals surface area contributed by atoms with E-state index in [0.717, 1.165) is 24.3 Å². The van der Waals surface area contributed by atoms with E-state index in [1.54, 1.807) is 0 Å². The van der Waals surface area contributed by atoms with Crippen molar-refractivity contribution in [3.8, 4) is 11.5 Å². The second-order valence-corrected chi connectivity index (χ2v) is 7.29. The largest absolute Gasteiger partial charge is 0.484 e. The molecule has 1 aliphatic heterocycles. The van der Waals surface area contributed by atoms with E-state index in [0.29, 0.717) is 11.4 Å². The Balaban J connectivity index is 1.75. The Kier molecular flexibility index (Phi) is 3.71. The third-order valence-electron chi connectivity index (χ3n) is 3.87. The van der Waals surface area contributed by atoms with Crippen molar-refractivity contribution in [1.82, 2.24) is 0 Å². The van der Waals surface area contributed by atoms with Crippen molar-refractivity contribution in [2.75, 3.05) is 6.61 Å². The van der Waals surface area contributed by atoms with Gasteiger partial charge in [-0.3, -0.25) is 0 Å². The van der Waals surface area contributed by atoms with Crippen LogP contribution in [-0.4, -0.2) is 29.2 Å². The molecule has 0 saturated heterocycles. The molecule has 1 fully saturated rings. The van der Waals surface area contributed by atoms with Gasteiger partial charge in [0.15, 0.2) is 11.5 Å². The molecule has 3 nitrogen and oxygen atoms in total. The molecule has 0 spiro atoms. The van der Waals surface area contributed by atoms with Crippen LogP contribution in [0.1, 0.15) is 32.8 Å². The molecule has 3 atom stereocenters. The molecule has 110 valence electrons. The molecule has 0 amide bonds. The van der Waals surface area contributed by atoms with Crippen molar-refractivity contribution in [2.45, 2.75) is 56.2 Å². The maximum atomic E-state index is 6.14. The van der Waals surface area contributed by atoms with Crippen LogP contribution in [0.5, 0.6) is 11.5 Å². The minimum atomic E-state index is -0.140. The monoisotopic (exact) mass is 340 g/mol. The number of hydrogen-bond acceptors (Lipinski definition) is 3. The van der Waals surface area contributed by atoms with Crippen LogP contribution in [0.3, 0.4) is 0 Å². The highest BCUT2D eigenvalue weighted by molar-refractivity contribution is 9.09. The van der Waals surface area contributed by atoms with Gasteiger partial charge in [0.25, 0.3) is 0 Å². The van der Waals surface area contributed by atoms with Gasteiger partial charge < -0.3 is 14.2 Å². The average Bonchev–Trinajstić information content (AvgIpc) is 2.70. The first kappa shape index (κ1) is 14.2. The fourth-order valence-electron chi connectivity index (χ4n) is 2.89. The summed E-state index contributed by atoms with van der Waals surface area (Å²) in [7, 11) is 0. The van der Waals surface area contributed by atoms with E-state index >= 15 is 0 Å². The van der Waals surface area contributed by atoms with Crippen LogP contribution in [0.4, 0.5) is 0 Å².